The molecular weight excluding hydrogens is 296 g/mol. The minimum absolute atomic E-state index is 0.407. The fourth-order valence-corrected chi connectivity index (χ4v) is 2.47. The van der Waals surface area contributed by atoms with Crippen molar-refractivity contribution in [3.05, 3.63) is 59.7 Å². The van der Waals surface area contributed by atoms with Crippen molar-refractivity contribution in [2.24, 2.45) is 0 Å². The number of hydrogen-bond donors (Lipinski definition) is 0. The lowest BCUT2D eigenvalue weighted by Gasteiger charge is -2.09. The molecule has 0 atom stereocenters. The van der Waals surface area contributed by atoms with E-state index in [4.69, 9.17) is 11.6 Å². The van der Waals surface area contributed by atoms with E-state index < -0.39 is 11.6 Å². The summed E-state index contributed by atoms with van der Waals surface area (Å²) in [6.07, 6.45) is 3.95. The molecule has 1 aromatic carbocycles. The van der Waals surface area contributed by atoms with E-state index in [1.165, 1.54) is 6.07 Å². The third-order valence-electron chi connectivity index (χ3n) is 3.27. The molecule has 3 rings (SSSR count). The van der Waals surface area contributed by atoms with E-state index in [0.29, 0.717) is 24.4 Å². The lowest BCUT2D eigenvalue weighted by Crippen LogP contribution is -2.06. The smallest absolute Gasteiger partial charge is 0.159 e. The van der Waals surface area contributed by atoms with E-state index >= 15 is 0 Å². The molecule has 0 saturated heterocycles. The number of hydrogen-bond acceptors (Lipinski definition) is 2. The van der Waals surface area contributed by atoms with E-state index in [-0.39, 0.29) is 0 Å². The Bertz CT molecular complexity index is 786. The molecule has 0 aliphatic heterocycles. The van der Waals surface area contributed by atoms with Gasteiger partial charge in [-0.05, 0) is 23.8 Å². The molecule has 0 saturated carbocycles. The fourth-order valence-electron chi connectivity index (χ4n) is 2.30. The SMILES string of the molecule is Fc1ccc(Cn2c(CCCl)nc3cnccc32)cc1F. The summed E-state index contributed by atoms with van der Waals surface area (Å²) in [5, 5.41) is 0. The first-order valence-electron chi connectivity index (χ1n) is 6.48. The Morgan fingerprint density at radius 3 is 2.76 bits per heavy atom. The van der Waals surface area contributed by atoms with Crippen LogP contribution in [0.2, 0.25) is 0 Å². The molecule has 0 bridgehead atoms. The highest BCUT2D eigenvalue weighted by molar-refractivity contribution is 6.17. The van der Waals surface area contributed by atoms with Gasteiger partial charge >= 0.3 is 0 Å². The summed E-state index contributed by atoms with van der Waals surface area (Å²) in [7, 11) is 0. The molecule has 3 aromatic rings. The van der Waals surface area contributed by atoms with Gasteiger partial charge in [0.2, 0.25) is 0 Å². The number of pyridine rings is 1. The maximum absolute atomic E-state index is 13.3. The highest BCUT2D eigenvalue weighted by atomic mass is 35.5. The molecule has 0 amide bonds. The van der Waals surface area contributed by atoms with Gasteiger partial charge < -0.3 is 4.57 Å². The van der Waals surface area contributed by atoms with Gasteiger partial charge in [-0.2, -0.15) is 0 Å². The van der Waals surface area contributed by atoms with Gasteiger partial charge in [-0.25, -0.2) is 13.8 Å². The topological polar surface area (TPSA) is 30.7 Å². The summed E-state index contributed by atoms with van der Waals surface area (Å²) < 4.78 is 28.3. The standard InChI is InChI=1S/C15H12ClF2N3/c16-5-3-15-20-13-8-19-6-4-14(13)21(15)9-10-1-2-11(17)12(18)7-10/h1-2,4,6-8H,3,5,9H2. The monoisotopic (exact) mass is 307 g/mol. The third kappa shape index (κ3) is 2.74. The predicted molar refractivity (Wildman–Crippen MR) is 77.4 cm³/mol. The molecule has 2 heterocycles. The molecular formula is C15H12ClF2N3. The molecule has 0 aliphatic rings. The molecule has 108 valence electrons. The van der Waals surface area contributed by atoms with Crippen molar-refractivity contribution in [3.8, 4) is 0 Å². The number of halogens is 3. The number of benzene rings is 1. The van der Waals surface area contributed by atoms with Crippen molar-refractivity contribution in [2.45, 2.75) is 13.0 Å². The summed E-state index contributed by atoms with van der Waals surface area (Å²) >= 11 is 5.81. The second-order valence-electron chi connectivity index (χ2n) is 4.67. The van der Waals surface area contributed by atoms with Crippen molar-refractivity contribution < 1.29 is 8.78 Å². The Morgan fingerprint density at radius 1 is 1.14 bits per heavy atom. The molecule has 3 nitrogen and oxygen atoms in total. The summed E-state index contributed by atoms with van der Waals surface area (Å²) in [6.45, 7) is 0.407. The van der Waals surface area contributed by atoms with Crippen molar-refractivity contribution >= 4 is 22.6 Å². The van der Waals surface area contributed by atoms with Crippen molar-refractivity contribution in [1.29, 1.82) is 0 Å². The van der Waals surface area contributed by atoms with Gasteiger partial charge in [0.1, 0.15) is 11.3 Å². The first-order valence-corrected chi connectivity index (χ1v) is 7.01. The van der Waals surface area contributed by atoms with Gasteiger partial charge in [-0.3, -0.25) is 4.98 Å². The second kappa shape index (κ2) is 5.77. The lowest BCUT2D eigenvalue weighted by molar-refractivity contribution is 0.506. The lowest BCUT2D eigenvalue weighted by atomic mass is 10.2. The van der Waals surface area contributed by atoms with E-state index in [0.717, 1.165) is 22.9 Å². The van der Waals surface area contributed by atoms with Crippen LogP contribution >= 0.6 is 11.6 Å². The molecule has 0 aliphatic carbocycles. The average Bonchev–Trinajstić information content (AvgIpc) is 2.81. The number of rotatable bonds is 4. The first kappa shape index (κ1) is 13.9. The highest BCUT2D eigenvalue weighted by Gasteiger charge is 2.11. The van der Waals surface area contributed by atoms with E-state index in [9.17, 15) is 8.78 Å². The molecule has 21 heavy (non-hydrogen) atoms. The second-order valence-corrected chi connectivity index (χ2v) is 5.04. The molecule has 0 fully saturated rings. The van der Waals surface area contributed by atoms with Crippen molar-refractivity contribution in [1.82, 2.24) is 14.5 Å². The Kier molecular flexibility index (Phi) is 3.84. The molecule has 0 unspecified atom stereocenters. The molecule has 0 spiro atoms. The van der Waals surface area contributed by atoms with Gasteiger partial charge in [-0.15, -0.1) is 11.6 Å². The number of fused-ring (bicyclic) bond motifs is 1. The van der Waals surface area contributed by atoms with E-state index in [1.807, 2.05) is 10.6 Å². The van der Waals surface area contributed by atoms with E-state index in [2.05, 4.69) is 9.97 Å². The third-order valence-corrected chi connectivity index (χ3v) is 3.46. The quantitative estimate of drug-likeness (QED) is 0.690. The van der Waals surface area contributed by atoms with Crippen LogP contribution in [0.3, 0.4) is 0 Å². The number of aromatic nitrogens is 3. The Balaban J connectivity index is 2.05. The zero-order valence-electron chi connectivity index (χ0n) is 11.1. The zero-order valence-corrected chi connectivity index (χ0v) is 11.8. The van der Waals surface area contributed by atoms with Crippen LogP contribution in [0.25, 0.3) is 11.0 Å². The largest absolute Gasteiger partial charge is 0.323 e. The Morgan fingerprint density at radius 2 is 2.00 bits per heavy atom. The van der Waals surface area contributed by atoms with Crippen LogP contribution in [-0.2, 0) is 13.0 Å². The van der Waals surface area contributed by atoms with Crippen LogP contribution in [0.1, 0.15) is 11.4 Å². The Hall–Kier alpha value is -2.01. The van der Waals surface area contributed by atoms with Gasteiger partial charge in [-0.1, -0.05) is 6.07 Å². The minimum atomic E-state index is -0.850. The van der Waals surface area contributed by atoms with Gasteiger partial charge in [0, 0.05) is 25.0 Å². The number of alkyl halides is 1. The van der Waals surface area contributed by atoms with Gasteiger partial charge in [0.05, 0.1) is 11.7 Å². The first-order chi connectivity index (χ1) is 10.2. The zero-order chi connectivity index (χ0) is 14.8. The van der Waals surface area contributed by atoms with Crippen LogP contribution in [0.5, 0.6) is 0 Å². The summed E-state index contributed by atoms with van der Waals surface area (Å²) in [6, 6.07) is 5.75. The fraction of sp³-hybridized carbons (Fsp3) is 0.200. The number of imidazole rings is 1. The summed E-state index contributed by atoms with van der Waals surface area (Å²) in [5.74, 6) is -0.455. The normalized spacial score (nSPS) is 11.2. The minimum Gasteiger partial charge on any atom is -0.323 e. The van der Waals surface area contributed by atoms with Crippen molar-refractivity contribution in [3.63, 3.8) is 0 Å². The van der Waals surface area contributed by atoms with Crippen LogP contribution in [0.15, 0.2) is 36.7 Å². The molecule has 0 radical (unpaired) electrons. The van der Waals surface area contributed by atoms with Crippen LogP contribution in [0.4, 0.5) is 8.78 Å². The maximum atomic E-state index is 13.3. The average molecular weight is 308 g/mol. The molecule has 2 aromatic heterocycles. The van der Waals surface area contributed by atoms with Crippen molar-refractivity contribution in [2.75, 3.05) is 5.88 Å². The van der Waals surface area contributed by atoms with Gasteiger partial charge in [0.25, 0.3) is 0 Å². The summed E-state index contributed by atoms with van der Waals surface area (Å²) in [5.41, 5.74) is 2.33. The van der Waals surface area contributed by atoms with Crippen LogP contribution in [0, 0.1) is 11.6 Å². The number of aryl methyl sites for hydroxylation is 1. The number of nitrogens with zero attached hydrogens (tertiary/aromatic N) is 3. The van der Waals surface area contributed by atoms with Gasteiger partial charge in [0.15, 0.2) is 11.6 Å². The molecule has 6 heteroatoms. The predicted octanol–water partition coefficient (Wildman–Crippen LogP) is 3.54. The highest BCUT2D eigenvalue weighted by Crippen LogP contribution is 2.19. The van der Waals surface area contributed by atoms with Crippen LogP contribution < -0.4 is 0 Å². The Labute approximate surface area is 125 Å². The summed E-state index contributed by atoms with van der Waals surface area (Å²) in [4.78, 5) is 8.53. The maximum Gasteiger partial charge on any atom is 0.159 e. The molecule has 0 N–H and O–H groups in total. The van der Waals surface area contributed by atoms with E-state index in [1.54, 1.807) is 18.5 Å². The van der Waals surface area contributed by atoms with Crippen LogP contribution in [-0.4, -0.2) is 20.4 Å².